The Morgan fingerprint density at radius 1 is 0.944 bits per heavy atom. The lowest BCUT2D eigenvalue weighted by Gasteiger charge is -2.10. The molecule has 0 saturated carbocycles. The normalized spacial score (nSPS) is 11.2. The molecule has 0 aliphatic carbocycles. The van der Waals surface area contributed by atoms with Crippen molar-refractivity contribution < 1.29 is 13.2 Å². The number of benzene rings is 2. The van der Waals surface area contributed by atoms with Gasteiger partial charge in [-0.15, -0.1) is 0 Å². The topological polar surface area (TPSA) is 55.4 Å². The SMILES string of the molecule is CNS(=O)(=O)c1ccccc1Oc1ccccc1. The lowest BCUT2D eigenvalue weighted by Crippen LogP contribution is -2.19. The lowest BCUT2D eigenvalue weighted by atomic mass is 10.3. The van der Waals surface area contributed by atoms with Gasteiger partial charge >= 0.3 is 0 Å². The maximum absolute atomic E-state index is 11.8. The highest BCUT2D eigenvalue weighted by Crippen LogP contribution is 2.27. The molecule has 4 nitrogen and oxygen atoms in total. The summed E-state index contributed by atoms with van der Waals surface area (Å²) in [5.74, 6) is 0.898. The first kappa shape index (κ1) is 12.6. The Labute approximate surface area is 106 Å². The molecule has 0 aliphatic heterocycles. The first-order valence-electron chi connectivity index (χ1n) is 5.39. The summed E-state index contributed by atoms with van der Waals surface area (Å²) in [5, 5.41) is 0. The molecular formula is C13H13NO3S. The fraction of sp³-hybridized carbons (Fsp3) is 0.0769. The summed E-state index contributed by atoms with van der Waals surface area (Å²) in [4.78, 5) is 0.122. The van der Waals surface area contributed by atoms with Crippen molar-refractivity contribution in [1.82, 2.24) is 4.72 Å². The van der Waals surface area contributed by atoms with Crippen LogP contribution >= 0.6 is 0 Å². The molecule has 2 aromatic rings. The third-order valence-corrected chi connectivity index (χ3v) is 3.83. The third-order valence-electron chi connectivity index (χ3n) is 2.38. The second kappa shape index (κ2) is 5.20. The van der Waals surface area contributed by atoms with Crippen molar-refractivity contribution in [2.75, 3.05) is 7.05 Å². The Hall–Kier alpha value is -1.85. The Bertz CT molecular complexity index is 624. The Morgan fingerprint density at radius 2 is 1.56 bits per heavy atom. The number of para-hydroxylation sites is 2. The van der Waals surface area contributed by atoms with Crippen LogP contribution in [-0.4, -0.2) is 15.5 Å². The van der Waals surface area contributed by atoms with Gasteiger partial charge in [0.05, 0.1) is 0 Å². The smallest absolute Gasteiger partial charge is 0.244 e. The van der Waals surface area contributed by atoms with Crippen LogP contribution in [0.1, 0.15) is 0 Å². The van der Waals surface area contributed by atoms with Crippen LogP contribution in [0.15, 0.2) is 59.5 Å². The van der Waals surface area contributed by atoms with Crippen molar-refractivity contribution in [2.24, 2.45) is 0 Å². The fourth-order valence-corrected chi connectivity index (χ4v) is 2.33. The lowest BCUT2D eigenvalue weighted by molar-refractivity contribution is 0.467. The minimum atomic E-state index is -3.52. The van der Waals surface area contributed by atoms with Gasteiger partial charge in [-0.1, -0.05) is 30.3 Å². The van der Waals surface area contributed by atoms with Crippen LogP contribution in [0.4, 0.5) is 0 Å². The van der Waals surface area contributed by atoms with E-state index in [1.807, 2.05) is 18.2 Å². The predicted molar refractivity (Wildman–Crippen MR) is 69.2 cm³/mol. The molecule has 0 radical (unpaired) electrons. The average molecular weight is 263 g/mol. The molecule has 0 atom stereocenters. The molecular weight excluding hydrogens is 250 g/mol. The molecule has 0 fully saturated rings. The highest BCUT2D eigenvalue weighted by Gasteiger charge is 2.17. The van der Waals surface area contributed by atoms with Crippen molar-refractivity contribution in [3.63, 3.8) is 0 Å². The summed E-state index contributed by atoms with van der Waals surface area (Å²) >= 11 is 0. The van der Waals surface area contributed by atoms with Crippen molar-refractivity contribution in [1.29, 1.82) is 0 Å². The molecule has 18 heavy (non-hydrogen) atoms. The van der Waals surface area contributed by atoms with E-state index in [4.69, 9.17) is 4.74 Å². The number of nitrogens with one attached hydrogen (secondary N) is 1. The summed E-state index contributed by atoms with van der Waals surface area (Å²) in [7, 11) is -2.15. The van der Waals surface area contributed by atoms with Gasteiger partial charge in [0, 0.05) is 0 Å². The summed E-state index contributed by atoms with van der Waals surface area (Å²) in [6.45, 7) is 0. The maximum Gasteiger partial charge on any atom is 0.244 e. The van der Waals surface area contributed by atoms with E-state index in [1.54, 1.807) is 30.3 Å². The first-order valence-corrected chi connectivity index (χ1v) is 6.87. The van der Waals surface area contributed by atoms with E-state index in [2.05, 4.69) is 4.72 Å². The van der Waals surface area contributed by atoms with Gasteiger partial charge in [-0.2, -0.15) is 0 Å². The highest BCUT2D eigenvalue weighted by atomic mass is 32.2. The second-order valence-electron chi connectivity index (χ2n) is 3.57. The maximum atomic E-state index is 11.8. The van der Waals surface area contributed by atoms with E-state index >= 15 is 0 Å². The van der Waals surface area contributed by atoms with Crippen molar-refractivity contribution >= 4 is 10.0 Å². The molecule has 94 valence electrons. The van der Waals surface area contributed by atoms with Gasteiger partial charge in [0.2, 0.25) is 10.0 Å². The number of hydrogen-bond acceptors (Lipinski definition) is 3. The summed E-state index contributed by atoms with van der Waals surface area (Å²) in [6.07, 6.45) is 0. The Morgan fingerprint density at radius 3 is 2.22 bits per heavy atom. The van der Waals surface area contributed by atoms with Crippen LogP contribution < -0.4 is 9.46 Å². The van der Waals surface area contributed by atoms with Crippen LogP contribution in [0.5, 0.6) is 11.5 Å². The second-order valence-corrected chi connectivity index (χ2v) is 5.42. The molecule has 0 bridgehead atoms. The largest absolute Gasteiger partial charge is 0.456 e. The van der Waals surface area contributed by atoms with Crippen molar-refractivity contribution in [3.8, 4) is 11.5 Å². The van der Waals surface area contributed by atoms with Gasteiger partial charge in [0.1, 0.15) is 16.4 Å². The van der Waals surface area contributed by atoms with E-state index in [-0.39, 0.29) is 4.90 Å². The zero-order valence-corrected chi connectivity index (χ0v) is 10.6. The summed E-state index contributed by atoms with van der Waals surface area (Å²) < 4.78 is 31.5. The minimum Gasteiger partial charge on any atom is -0.456 e. The van der Waals surface area contributed by atoms with E-state index in [0.29, 0.717) is 11.5 Å². The number of hydrogen-bond donors (Lipinski definition) is 1. The van der Waals surface area contributed by atoms with Crippen LogP contribution in [-0.2, 0) is 10.0 Å². The van der Waals surface area contributed by atoms with Gasteiger partial charge in [-0.25, -0.2) is 13.1 Å². The predicted octanol–water partition coefficient (Wildman–Crippen LogP) is 2.39. The molecule has 0 amide bonds. The van der Waals surface area contributed by atoms with E-state index in [1.165, 1.54) is 13.1 Å². The van der Waals surface area contributed by atoms with Gasteiger partial charge in [-0.3, -0.25) is 0 Å². The van der Waals surface area contributed by atoms with Crippen molar-refractivity contribution in [3.05, 3.63) is 54.6 Å². The Kier molecular flexibility index (Phi) is 3.64. The third kappa shape index (κ3) is 2.69. The molecule has 0 aliphatic rings. The van der Waals surface area contributed by atoms with Gasteiger partial charge in [0.25, 0.3) is 0 Å². The fourth-order valence-electron chi connectivity index (χ4n) is 1.48. The number of rotatable bonds is 4. The standard InChI is InChI=1S/C13H13NO3S/c1-14-18(15,16)13-10-6-5-9-12(13)17-11-7-3-2-4-8-11/h2-10,14H,1H3. The monoisotopic (exact) mass is 263 g/mol. The van der Waals surface area contributed by atoms with E-state index < -0.39 is 10.0 Å². The summed E-state index contributed by atoms with van der Waals surface area (Å²) in [6, 6.07) is 15.6. The zero-order chi connectivity index (χ0) is 13.0. The van der Waals surface area contributed by atoms with Crippen molar-refractivity contribution in [2.45, 2.75) is 4.90 Å². The average Bonchev–Trinajstić information content (AvgIpc) is 2.40. The van der Waals surface area contributed by atoms with Gasteiger partial charge in [-0.05, 0) is 31.3 Å². The van der Waals surface area contributed by atoms with Crippen LogP contribution in [0.25, 0.3) is 0 Å². The first-order chi connectivity index (χ1) is 8.63. The van der Waals surface area contributed by atoms with E-state index in [9.17, 15) is 8.42 Å². The van der Waals surface area contributed by atoms with Crippen LogP contribution in [0.2, 0.25) is 0 Å². The van der Waals surface area contributed by atoms with E-state index in [0.717, 1.165) is 0 Å². The van der Waals surface area contributed by atoms with Crippen LogP contribution in [0.3, 0.4) is 0 Å². The molecule has 0 spiro atoms. The highest BCUT2D eigenvalue weighted by molar-refractivity contribution is 7.89. The number of ether oxygens (including phenoxy) is 1. The minimum absolute atomic E-state index is 0.122. The molecule has 0 heterocycles. The van der Waals surface area contributed by atoms with Gasteiger partial charge < -0.3 is 4.74 Å². The molecule has 0 unspecified atom stereocenters. The zero-order valence-electron chi connectivity index (χ0n) is 9.83. The molecule has 2 rings (SSSR count). The molecule has 1 N–H and O–H groups in total. The number of sulfonamides is 1. The molecule has 2 aromatic carbocycles. The quantitative estimate of drug-likeness (QED) is 0.921. The molecule has 5 heteroatoms. The van der Waals surface area contributed by atoms with Crippen LogP contribution in [0, 0.1) is 0 Å². The molecule has 0 saturated heterocycles. The molecule has 0 aromatic heterocycles. The Balaban J connectivity index is 2.41. The van der Waals surface area contributed by atoms with Gasteiger partial charge in [0.15, 0.2) is 0 Å². The summed E-state index contributed by atoms with van der Waals surface area (Å²) in [5.41, 5.74) is 0.